The van der Waals surface area contributed by atoms with Crippen molar-refractivity contribution in [2.45, 2.75) is 31.7 Å². The van der Waals surface area contributed by atoms with Crippen molar-refractivity contribution < 1.29 is 27.8 Å². The number of carbonyl (C=O) groups is 1. The van der Waals surface area contributed by atoms with Crippen LogP contribution >= 0.6 is 11.6 Å². The number of hydrogen-bond acceptors (Lipinski definition) is 4. The maximum atomic E-state index is 10.6. The van der Waals surface area contributed by atoms with E-state index in [1.807, 2.05) is 47.4 Å². The fourth-order valence-corrected chi connectivity index (χ4v) is 2.84. The highest BCUT2D eigenvalue weighted by atomic mass is 35.5. The van der Waals surface area contributed by atoms with Crippen molar-refractivity contribution in [1.82, 2.24) is 14.7 Å². The average Bonchev–Trinajstić information content (AvgIpc) is 3.14. The van der Waals surface area contributed by atoms with Gasteiger partial charge in [-0.1, -0.05) is 17.7 Å². The zero-order chi connectivity index (χ0) is 20.6. The van der Waals surface area contributed by atoms with Crippen LogP contribution in [-0.4, -0.2) is 57.7 Å². The van der Waals surface area contributed by atoms with Gasteiger partial charge >= 0.3 is 12.1 Å². The molecule has 2 aromatic rings. The van der Waals surface area contributed by atoms with Crippen molar-refractivity contribution in [2.75, 3.05) is 19.6 Å². The van der Waals surface area contributed by atoms with Crippen LogP contribution < -0.4 is 4.74 Å². The Balaban J connectivity index is 0.000000345. The predicted molar refractivity (Wildman–Crippen MR) is 97.5 cm³/mol. The number of carboxylic acids is 1. The Bertz CT molecular complexity index is 733. The molecule has 0 spiro atoms. The highest BCUT2D eigenvalue weighted by molar-refractivity contribution is 6.30. The Morgan fingerprint density at radius 1 is 1.25 bits per heavy atom. The van der Waals surface area contributed by atoms with Gasteiger partial charge in [0.1, 0.15) is 11.9 Å². The second-order valence-electron chi connectivity index (χ2n) is 6.19. The predicted octanol–water partition coefficient (Wildman–Crippen LogP) is 3.71. The molecule has 3 rings (SSSR count). The first-order valence-corrected chi connectivity index (χ1v) is 9.04. The lowest BCUT2D eigenvalue weighted by atomic mass is 10.1. The average molecular weight is 420 g/mol. The number of carboxylic acid groups (broad SMARTS) is 1. The molecule has 6 nitrogen and oxygen atoms in total. The molecule has 0 bridgehead atoms. The van der Waals surface area contributed by atoms with Crippen molar-refractivity contribution in [1.29, 1.82) is 0 Å². The van der Waals surface area contributed by atoms with Gasteiger partial charge in [0, 0.05) is 37.1 Å². The summed E-state index contributed by atoms with van der Waals surface area (Å²) in [5, 5.41) is 12.1. The summed E-state index contributed by atoms with van der Waals surface area (Å²) < 4.78 is 39.7. The van der Waals surface area contributed by atoms with E-state index in [-0.39, 0.29) is 0 Å². The van der Waals surface area contributed by atoms with Crippen LogP contribution in [0.15, 0.2) is 42.7 Å². The van der Waals surface area contributed by atoms with Gasteiger partial charge < -0.3 is 14.7 Å². The van der Waals surface area contributed by atoms with E-state index in [2.05, 4.69) is 10.00 Å². The number of piperidine rings is 1. The molecule has 10 heteroatoms. The summed E-state index contributed by atoms with van der Waals surface area (Å²) in [6, 6.07) is 9.61. The Hall–Kier alpha value is -2.26. The van der Waals surface area contributed by atoms with Gasteiger partial charge in [-0.15, -0.1) is 0 Å². The van der Waals surface area contributed by atoms with Gasteiger partial charge in [0.05, 0.1) is 6.54 Å². The van der Waals surface area contributed by atoms with E-state index in [0.717, 1.165) is 49.8 Å². The summed E-state index contributed by atoms with van der Waals surface area (Å²) in [4.78, 5) is 11.4. The topological polar surface area (TPSA) is 67.6 Å². The molecule has 1 aliphatic rings. The number of rotatable bonds is 5. The Morgan fingerprint density at radius 2 is 1.93 bits per heavy atom. The minimum Gasteiger partial charge on any atom is -0.490 e. The first-order valence-electron chi connectivity index (χ1n) is 8.66. The number of nitrogens with zero attached hydrogens (tertiary/aromatic N) is 3. The van der Waals surface area contributed by atoms with Crippen molar-refractivity contribution in [2.24, 2.45) is 0 Å². The molecule has 2 heterocycles. The number of halogens is 4. The van der Waals surface area contributed by atoms with E-state index in [1.165, 1.54) is 0 Å². The van der Waals surface area contributed by atoms with Crippen LogP contribution in [0.2, 0.25) is 5.02 Å². The number of benzene rings is 1. The van der Waals surface area contributed by atoms with E-state index < -0.39 is 12.1 Å². The number of ether oxygens (including phenoxy) is 1. The van der Waals surface area contributed by atoms with Crippen molar-refractivity contribution in [3.05, 3.63) is 47.7 Å². The molecule has 0 atom stereocenters. The molecule has 1 aromatic carbocycles. The molecule has 0 radical (unpaired) electrons. The van der Waals surface area contributed by atoms with E-state index in [4.69, 9.17) is 26.2 Å². The van der Waals surface area contributed by atoms with Crippen LogP contribution in [0.5, 0.6) is 5.75 Å². The third-order valence-electron chi connectivity index (χ3n) is 4.08. The molecule has 1 N–H and O–H groups in total. The third kappa shape index (κ3) is 7.77. The summed E-state index contributed by atoms with van der Waals surface area (Å²) in [5.41, 5.74) is 0. The van der Waals surface area contributed by atoms with Crippen LogP contribution in [0.25, 0.3) is 0 Å². The van der Waals surface area contributed by atoms with Gasteiger partial charge in [0.15, 0.2) is 0 Å². The quantitative estimate of drug-likeness (QED) is 0.800. The first kappa shape index (κ1) is 22.0. The van der Waals surface area contributed by atoms with E-state index in [1.54, 1.807) is 0 Å². The minimum atomic E-state index is -5.08. The van der Waals surface area contributed by atoms with Gasteiger partial charge in [0.25, 0.3) is 0 Å². The van der Waals surface area contributed by atoms with Crippen molar-refractivity contribution in [3.63, 3.8) is 0 Å². The standard InChI is InChI=1S/C16H20ClN3O.C2HF3O2/c17-14-3-1-4-16(13-14)21-15-5-9-19(10-6-15)11-12-20-8-2-7-18-20;3-2(4,5)1(6)7/h1-4,7-8,13,15H,5-6,9-12H2;(H,6,7). The van der Waals surface area contributed by atoms with Gasteiger partial charge in [-0.05, 0) is 37.1 Å². The first-order chi connectivity index (χ1) is 13.2. The van der Waals surface area contributed by atoms with Crippen molar-refractivity contribution >= 4 is 17.6 Å². The molecule has 0 unspecified atom stereocenters. The van der Waals surface area contributed by atoms with Crippen LogP contribution in [0.1, 0.15) is 12.8 Å². The molecule has 154 valence electrons. The zero-order valence-corrected chi connectivity index (χ0v) is 15.7. The number of aromatic nitrogens is 2. The highest BCUT2D eigenvalue weighted by Crippen LogP contribution is 2.22. The summed E-state index contributed by atoms with van der Waals surface area (Å²) in [5.74, 6) is -1.88. The summed E-state index contributed by atoms with van der Waals surface area (Å²) in [7, 11) is 0. The Kier molecular flexibility index (Phi) is 8.13. The molecule has 1 aliphatic heterocycles. The summed E-state index contributed by atoms with van der Waals surface area (Å²) in [6.07, 6.45) is 1.17. The minimum absolute atomic E-state index is 0.296. The molecule has 1 fully saturated rings. The molecule has 0 amide bonds. The third-order valence-corrected chi connectivity index (χ3v) is 4.32. The largest absolute Gasteiger partial charge is 0.490 e. The number of hydrogen-bond donors (Lipinski definition) is 1. The zero-order valence-electron chi connectivity index (χ0n) is 15.0. The summed E-state index contributed by atoms with van der Waals surface area (Å²) in [6.45, 7) is 4.15. The monoisotopic (exact) mass is 419 g/mol. The number of likely N-dealkylation sites (tertiary alicyclic amines) is 1. The second-order valence-corrected chi connectivity index (χ2v) is 6.62. The smallest absolute Gasteiger partial charge is 0.490 e. The lowest BCUT2D eigenvalue weighted by Crippen LogP contribution is -2.39. The van der Waals surface area contributed by atoms with Crippen LogP contribution in [0, 0.1) is 0 Å². The lowest BCUT2D eigenvalue weighted by molar-refractivity contribution is -0.192. The maximum Gasteiger partial charge on any atom is 0.490 e. The Morgan fingerprint density at radius 3 is 2.46 bits per heavy atom. The van der Waals surface area contributed by atoms with E-state index in [9.17, 15) is 13.2 Å². The maximum absolute atomic E-state index is 10.6. The van der Waals surface area contributed by atoms with E-state index >= 15 is 0 Å². The normalized spacial score (nSPS) is 15.6. The number of aliphatic carboxylic acids is 1. The molecule has 28 heavy (non-hydrogen) atoms. The molecule has 1 aromatic heterocycles. The van der Waals surface area contributed by atoms with E-state index in [0.29, 0.717) is 6.10 Å². The van der Waals surface area contributed by atoms with Crippen LogP contribution in [-0.2, 0) is 11.3 Å². The SMILES string of the molecule is Clc1cccc(OC2CCN(CCn3cccn3)CC2)c1.O=C(O)C(F)(F)F. The fourth-order valence-electron chi connectivity index (χ4n) is 2.66. The number of alkyl halides is 3. The molecule has 0 aliphatic carbocycles. The second kappa shape index (κ2) is 10.3. The van der Waals surface area contributed by atoms with Gasteiger partial charge in [-0.25, -0.2) is 4.79 Å². The molecule has 0 saturated carbocycles. The lowest BCUT2D eigenvalue weighted by Gasteiger charge is -2.32. The molecule has 1 saturated heterocycles. The van der Waals surface area contributed by atoms with Gasteiger partial charge in [-0.3, -0.25) is 4.68 Å². The summed E-state index contributed by atoms with van der Waals surface area (Å²) >= 11 is 5.98. The Labute approximate surface area is 165 Å². The fraction of sp³-hybridized carbons (Fsp3) is 0.444. The molecular formula is C18H21ClF3N3O3. The molecular weight excluding hydrogens is 399 g/mol. The van der Waals surface area contributed by atoms with Gasteiger partial charge in [0.2, 0.25) is 0 Å². The van der Waals surface area contributed by atoms with Crippen LogP contribution in [0.3, 0.4) is 0 Å². The van der Waals surface area contributed by atoms with Crippen LogP contribution in [0.4, 0.5) is 13.2 Å². The van der Waals surface area contributed by atoms with Crippen molar-refractivity contribution in [3.8, 4) is 5.75 Å². The highest BCUT2D eigenvalue weighted by Gasteiger charge is 2.38. The van der Waals surface area contributed by atoms with Gasteiger partial charge in [-0.2, -0.15) is 18.3 Å².